The van der Waals surface area contributed by atoms with E-state index in [0.717, 1.165) is 22.5 Å². The maximum absolute atomic E-state index is 4.37. The van der Waals surface area contributed by atoms with Crippen molar-refractivity contribution in [3.05, 3.63) is 56.3 Å². The molecular formula is C12H10BrIN2. The number of nitrogens with one attached hydrogen (secondary N) is 1. The van der Waals surface area contributed by atoms with Gasteiger partial charge in [0.25, 0.3) is 0 Å². The lowest BCUT2D eigenvalue weighted by Gasteiger charge is -2.07. The Morgan fingerprint density at radius 2 is 1.94 bits per heavy atom. The van der Waals surface area contributed by atoms with Gasteiger partial charge in [-0.15, -0.1) is 0 Å². The third-order valence-electron chi connectivity index (χ3n) is 2.11. The molecule has 0 spiro atoms. The molecule has 82 valence electrons. The van der Waals surface area contributed by atoms with Crippen LogP contribution in [0.15, 0.2) is 47.1 Å². The normalized spacial score (nSPS) is 10.1. The van der Waals surface area contributed by atoms with Gasteiger partial charge in [-0.2, -0.15) is 0 Å². The van der Waals surface area contributed by atoms with Gasteiger partial charge in [-0.05, 0) is 62.8 Å². The summed E-state index contributed by atoms with van der Waals surface area (Å²) < 4.78 is 2.09. The van der Waals surface area contributed by atoms with E-state index in [-0.39, 0.29) is 0 Å². The Bertz CT molecular complexity index is 488. The first-order valence-corrected chi connectivity index (χ1v) is 6.73. The molecule has 0 saturated carbocycles. The molecule has 4 heteroatoms. The Morgan fingerprint density at radius 1 is 1.12 bits per heavy atom. The number of rotatable bonds is 3. The molecule has 0 amide bonds. The standard InChI is InChI=1S/C12H10BrIN2/c13-12-7-3-4-9(16-12)8-15-11-6-2-1-5-10(11)14/h1-7,15H,8H2. The third-order valence-corrected chi connectivity index (χ3v) is 3.49. The topological polar surface area (TPSA) is 24.9 Å². The van der Waals surface area contributed by atoms with Crippen LogP contribution in [0.3, 0.4) is 0 Å². The van der Waals surface area contributed by atoms with Crippen molar-refractivity contribution >= 4 is 44.2 Å². The van der Waals surface area contributed by atoms with Crippen LogP contribution in [0.4, 0.5) is 5.69 Å². The maximum Gasteiger partial charge on any atom is 0.106 e. The second-order valence-electron chi connectivity index (χ2n) is 3.29. The highest BCUT2D eigenvalue weighted by atomic mass is 127. The molecule has 1 N–H and O–H groups in total. The molecule has 2 rings (SSSR count). The van der Waals surface area contributed by atoms with Crippen molar-refractivity contribution < 1.29 is 0 Å². The number of pyridine rings is 1. The predicted molar refractivity (Wildman–Crippen MR) is 78.4 cm³/mol. The third kappa shape index (κ3) is 3.18. The van der Waals surface area contributed by atoms with Crippen LogP contribution in [0.2, 0.25) is 0 Å². The molecular weight excluding hydrogens is 379 g/mol. The molecule has 0 saturated heterocycles. The van der Waals surface area contributed by atoms with E-state index in [9.17, 15) is 0 Å². The van der Waals surface area contributed by atoms with Crippen LogP contribution in [0.5, 0.6) is 0 Å². The number of hydrogen-bond acceptors (Lipinski definition) is 2. The Hall–Kier alpha value is -0.620. The SMILES string of the molecule is Brc1cccc(CNc2ccccc2I)n1. The zero-order chi connectivity index (χ0) is 11.4. The molecule has 1 heterocycles. The first kappa shape index (κ1) is 11.9. The number of halogens is 2. The summed E-state index contributed by atoms with van der Waals surface area (Å²) in [7, 11) is 0. The van der Waals surface area contributed by atoms with Gasteiger partial charge in [-0.3, -0.25) is 0 Å². The molecule has 0 radical (unpaired) electrons. The fourth-order valence-electron chi connectivity index (χ4n) is 1.34. The van der Waals surface area contributed by atoms with Crippen molar-refractivity contribution in [1.29, 1.82) is 0 Å². The summed E-state index contributed by atoms with van der Waals surface area (Å²) in [5.41, 5.74) is 2.17. The smallest absolute Gasteiger partial charge is 0.106 e. The Labute approximate surface area is 117 Å². The summed E-state index contributed by atoms with van der Waals surface area (Å²) in [6, 6.07) is 14.1. The fourth-order valence-corrected chi connectivity index (χ4v) is 2.30. The van der Waals surface area contributed by atoms with E-state index in [2.05, 4.69) is 61.0 Å². The number of anilines is 1. The van der Waals surface area contributed by atoms with Crippen molar-refractivity contribution in [3.8, 4) is 0 Å². The summed E-state index contributed by atoms with van der Waals surface area (Å²) in [6.45, 7) is 0.736. The Morgan fingerprint density at radius 3 is 2.69 bits per heavy atom. The van der Waals surface area contributed by atoms with Gasteiger partial charge in [0.05, 0.1) is 12.2 Å². The van der Waals surface area contributed by atoms with Crippen LogP contribution in [0.1, 0.15) is 5.69 Å². The van der Waals surface area contributed by atoms with Gasteiger partial charge in [-0.25, -0.2) is 4.98 Å². The van der Waals surface area contributed by atoms with Crippen molar-refractivity contribution in [1.82, 2.24) is 4.98 Å². The van der Waals surface area contributed by atoms with Crippen LogP contribution in [0.25, 0.3) is 0 Å². The van der Waals surface area contributed by atoms with E-state index >= 15 is 0 Å². The number of benzene rings is 1. The summed E-state index contributed by atoms with van der Waals surface area (Å²) in [4.78, 5) is 4.37. The van der Waals surface area contributed by atoms with Crippen molar-refractivity contribution in [2.45, 2.75) is 6.54 Å². The Kier molecular flexibility index (Phi) is 4.17. The fraction of sp³-hybridized carbons (Fsp3) is 0.0833. The van der Waals surface area contributed by atoms with Crippen LogP contribution in [-0.4, -0.2) is 4.98 Å². The first-order chi connectivity index (χ1) is 7.75. The molecule has 0 unspecified atom stereocenters. The molecule has 0 aliphatic carbocycles. The second kappa shape index (κ2) is 5.63. The maximum atomic E-state index is 4.37. The summed E-state index contributed by atoms with van der Waals surface area (Å²) in [5, 5.41) is 3.37. The Balaban J connectivity index is 2.05. The van der Waals surface area contributed by atoms with Gasteiger partial charge >= 0.3 is 0 Å². The molecule has 0 atom stereocenters. The zero-order valence-corrected chi connectivity index (χ0v) is 12.2. The summed E-state index contributed by atoms with van der Waals surface area (Å²) >= 11 is 5.68. The molecule has 1 aromatic heterocycles. The average molecular weight is 389 g/mol. The minimum absolute atomic E-state index is 0.736. The van der Waals surface area contributed by atoms with Crippen LogP contribution >= 0.6 is 38.5 Å². The number of para-hydroxylation sites is 1. The summed E-state index contributed by atoms with van der Waals surface area (Å²) in [6.07, 6.45) is 0. The predicted octanol–water partition coefficient (Wildman–Crippen LogP) is 4.06. The quantitative estimate of drug-likeness (QED) is 0.633. The highest BCUT2D eigenvalue weighted by Gasteiger charge is 1.99. The molecule has 1 aromatic carbocycles. The van der Waals surface area contributed by atoms with E-state index in [1.54, 1.807) is 0 Å². The largest absolute Gasteiger partial charge is 0.379 e. The van der Waals surface area contributed by atoms with Crippen LogP contribution in [-0.2, 0) is 6.54 Å². The van der Waals surface area contributed by atoms with Crippen molar-refractivity contribution in [2.24, 2.45) is 0 Å². The molecule has 0 aliphatic rings. The van der Waals surface area contributed by atoms with Gasteiger partial charge < -0.3 is 5.32 Å². The minimum atomic E-state index is 0.736. The lowest BCUT2D eigenvalue weighted by Crippen LogP contribution is -2.02. The second-order valence-corrected chi connectivity index (χ2v) is 5.26. The van der Waals surface area contributed by atoms with Gasteiger partial charge in [-0.1, -0.05) is 18.2 Å². The summed E-state index contributed by atoms with van der Waals surface area (Å²) in [5.74, 6) is 0. The minimum Gasteiger partial charge on any atom is -0.379 e. The molecule has 0 fully saturated rings. The molecule has 16 heavy (non-hydrogen) atoms. The van der Waals surface area contributed by atoms with Crippen LogP contribution in [0, 0.1) is 3.57 Å². The van der Waals surface area contributed by atoms with E-state index in [1.807, 2.05) is 30.3 Å². The lowest BCUT2D eigenvalue weighted by molar-refractivity contribution is 1.03. The zero-order valence-electron chi connectivity index (χ0n) is 8.45. The number of nitrogens with zero attached hydrogens (tertiary/aromatic N) is 1. The average Bonchev–Trinajstić information content (AvgIpc) is 2.28. The van der Waals surface area contributed by atoms with E-state index < -0.39 is 0 Å². The lowest BCUT2D eigenvalue weighted by atomic mass is 10.3. The highest BCUT2D eigenvalue weighted by Crippen LogP contribution is 2.17. The van der Waals surface area contributed by atoms with E-state index in [4.69, 9.17) is 0 Å². The first-order valence-electron chi connectivity index (χ1n) is 4.85. The van der Waals surface area contributed by atoms with Crippen molar-refractivity contribution in [3.63, 3.8) is 0 Å². The van der Waals surface area contributed by atoms with Crippen molar-refractivity contribution in [2.75, 3.05) is 5.32 Å². The van der Waals surface area contributed by atoms with E-state index in [0.29, 0.717) is 0 Å². The van der Waals surface area contributed by atoms with Gasteiger partial charge in [0.15, 0.2) is 0 Å². The number of aromatic nitrogens is 1. The van der Waals surface area contributed by atoms with Gasteiger partial charge in [0, 0.05) is 9.26 Å². The number of hydrogen-bond donors (Lipinski definition) is 1. The van der Waals surface area contributed by atoms with E-state index in [1.165, 1.54) is 3.57 Å². The van der Waals surface area contributed by atoms with Gasteiger partial charge in [0.2, 0.25) is 0 Å². The molecule has 2 nitrogen and oxygen atoms in total. The monoisotopic (exact) mass is 388 g/mol. The highest BCUT2D eigenvalue weighted by molar-refractivity contribution is 14.1. The van der Waals surface area contributed by atoms with Crippen LogP contribution < -0.4 is 5.32 Å². The molecule has 0 bridgehead atoms. The molecule has 2 aromatic rings. The van der Waals surface area contributed by atoms with Gasteiger partial charge in [0.1, 0.15) is 4.60 Å². The molecule has 0 aliphatic heterocycles.